The largest absolute Gasteiger partial charge is 0.444 e. The molecule has 2 aliphatic heterocycles. The molecule has 2 fully saturated rings. The molecule has 162 valence electrons. The fourth-order valence-corrected chi connectivity index (χ4v) is 3.04. The number of hydrogen-bond donors (Lipinski definition) is 1. The van der Waals surface area contributed by atoms with Crippen molar-refractivity contribution in [3.05, 3.63) is 35.4 Å². The summed E-state index contributed by atoms with van der Waals surface area (Å²) in [6, 6.07) is 7.09. The second kappa shape index (κ2) is 8.83. The zero-order valence-electron chi connectivity index (χ0n) is 17.3. The van der Waals surface area contributed by atoms with E-state index in [-0.39, 0.29) is 31.6 Å². The summed E-state index contributed by atoms with van der Waals surface area (Å²) in [5, 5.41) is 2.85. The number of carbonyl (C=O) groups excluding carboxylic acids is 4. The molecule has 9 heteroatoms. The predicted octanol–water partition coefficient (Wildman–Crippen LogP) is 2.31. The van der Waals surface area contributed by atoms with E-state index in [1.54, 1.807) is 32.9 Å². The number of rotatable bonds is 6. The Balaban J connectivity index is 1.52. The van der Waals surface area contributed by atoms with Gasteiger partial charge in [-0.1, -0.05) is 24.3 Å². The molecular formula is C21H26N2O7. The molecule has 2 aliphatic rings. The second-order valence-electron chi connectivity index (χ2n) is 8.32. The van der Waals surface area contributed by atoms with Crippen molar-refractivity contribution in [2.45, 2.75) is 64.4 Å². The number of carbonyl (C=O) groups is 4. The molecule has 1 aromatic carbocycles. The van der Waals surface area contributed by atoms with Crippen LogP contribution in [0.3, 0.4) is 0 Å². The molecule has 1 N–H and O–H groups in total. The summed E-state index contributed by atoms with van der Waals surface area (Å²) in [5.41, 5.74) is 1.10. The number of nitrogens with zero attached hydrogens (tertiary/aromatic N) is 1. The van der Waals surface area contributed by atoms with Gasteiger partial charge >= 0.3 is 12.2 Å². The zero-order valence-corrected chi connectivity index (χ0v) is 17.3. The van der Waals surface area contributed by atoms with Gasteiger partial charge in [0.25, 0.3) is 0 Å². The Morgan fingerprint density at radius 2 is 1.70 bits per heavy atom. The number of benzene rings is 1. The van der Waals surface area contributed by atoms with Gasteiger partial charge in [0.05, 0.1) is 12.6 Å². The molecular weight excluding hydrogens is 392 g/mol. The summed E-state index contributed by atoms with van der Waals surface area (Å²) >= 11 is 0. The lowest BCUT2D eigenvalue weighted by atomic mass is 10.0. The van der Waals surface area contributed by atoms with Crippen molar-refractivity contribution in [2.24, 2.45) is 0 Å². The van der Waals surface area contributed by atoms with Gasteiger partial charge in [0.15, 0.2) is 0 Å². The minimum Gasteiger partial charge on any atom is -0.444 e. The van der Waals surface area contributed by atoms with Crippen LogP contribution in [0.2, 0.25) is 0 Å². The van der Waals surface area contributed by atoms with Crippen molar-refractivity contribution >= 4 is 24.0 Å². The summed E-state index contributed by atoms with van der Waals surface area (Å²) in [7, 11) is 0. The highest BCUT2D eigenvalue weighted by Gasteiger charge is 2.36. The molecule has 0 aliphatic carbocycles. The quantitative estimate of drug-likeness (QED) is 0.557. The first-order chi connectivity index (χ1) is 14.1. The van der Waals surface area contributed by atoms with Gasteiger partial charge in [-0.2, -0.15) is 4.90 Å². The van der Waals surface area contributed by atoms with Gasteiger partial charge in [0, 0.05) is 12.8 Å². The monoisotopic (exact) mass is 418 g/mol. The number of imide groups is 3. The third-order valence-corrected chi connectivity index (χ3v) is 4.59. The molecule has 0 saturated carbocycles. The minimum absolute atomic E-state index is 0.0336. The average Bonchev–Trinajstić information content (AvgIpc) is 3.44. The van der Waals surface area contributed by atoms with Crippen LogP contribution >= 0.6 is 0 Å². The summed E-state index contributed by atoms with van der Waals surface area (Å²) in [6.07, 6.45) is -0.858. The van der Waals surface area contributed by atoms with Crippen molar-refractivity contribution in [1.29, 1.82) is 0 Å². The van der Waals surface area contributed by atoms with Crippen molar-refractivity contribution in [2.75, 3.05) is 6.61 Å². The van der Waals surface area contributed by atoms with Gasteiger partial charge < -0.3 is 19.5 Å². The first-order valence-corrected chi connectivity index (χ1v) is 9.84. The second-order valence-corrected chi connectivity index (χ2v) is 8.32. The maximum absolute atomic E-state index is 12.1. The van der Waals surface area contributed by atoms with Crippen LogP contribution in [0, 0.1) is 0 Å². The molecule has 2 heterocycles. The van der Waals surface area contributed by atoms with E-state index in [1.807, 2.05) is 12.1 Å². The minimum atomic E-state index is -0.945. The van der Waals surface area contributed by atoms with E-state index in [2.05, 4.69) is 5.32 Å². The first-order valence-electron chi connectivity index (χ1n) is 9.84. The molecule has 4 amide bonds. The molecule has 0 spiro atoms. The van der Waals surface area contributed by atoms with E-state index in [0.29, 0.717) is 23.5 Å². The fourth-order valence-electron chi connectivity index (χ4n) is 3.04. The van der Waals surface area contributed by atoms with Crippen LogP contribution in [0.4, 0.5) is 9.59 Å². The van der Waals surface area contributed by atoms with Crippen molar-refractivity contribution in [3.8, 4) is 0 Å². The Labute approximate surface area is 174 Å². The van der Waals surface area contributed by atoms with Crippen LogP contribution in [0.25, 0.3) is 0 Å². The van der Waals surface area contributed by atoms with E-state index < -0.39 is 29.6 Å². The maximum Gasteiger partial charge on any atom is 0.423 e. The Bertz CT molecular complexity index is 809. The lowest BCUT2D eigenvalue weighted by molar-refractivity contribution is -0.136. The van der Waals surface area contributed by atoms with E-state index >= 15 is 0 Å². The fraction of sp³-hybridized carbons (Fsp3) is 0.524. The zero-order chi connectivity index (χ0) is 21.9. The SMILES string of the molecule is CC(C)(C)OC(=O)N[C@@H](Cc1ccc(COC(=O)N2C(=O)CCC2=O)cc1)[C@H]1CO1. The molecule has 0 unspecified atom stereocenters. The van der Waals surface area contributed by atoms with Gasteiger partial charge in [0.2, 0.25) is 11.8 Å². The van der Waals surface area contributed by atoms with Gasteiger partial charge in [-0.05, 0) is 38.3 Å². The van der Waals surface area contributed by atoms with Crippen LogP contribution in [0.1, 0.15) is 44.7 Å². The van der Waals surface area contributed by atoms with Crippen LogP contribution in [-0.2, 0) is 36.8 Å². The number of hydrogen-bond acceptors (Lipinski definition) is 7. The smallest absolute Gasteiger partial charge is 0.423 e. The number of epoxide rings is 1. The van der Waals surface area contributed by atoms with Crippen LogP contribution in [0.15, 0.2) is 24.3 Å². The van der Waals surface area contributed by atoms with Crippen LogP contribution in [-0.4, -0.2) is 53.3 Å². The molecule has 1 aromatic rings. The highest BCUT2D eigenvalue weighted by Crippen LogP contribution is 2.20. The normalized spacial score (nSPS) is 19.4. The number of nitrogens with one attached hydrogen (secondary N) is 1. The van der Waals surface area contributed by atoms with Gasteiger partial charge in [0.1, 0.15) is 18.3 Å². The summed E-state index contributed by atoms with van der Waals surface area (Å²) < 4.78 is 15.7. The number of ether oxygens (including phenoxy) is 3. The summed E-state index contributed by atoms with van der Waals surface area (Å²) in [4.78, 5) is 47.7. The molecule has 9 nitrogen and oxygen atoms in total. The number of amides is 4. The van der Waals surface area contributed by atoms with Gasteiger partial charge in [-0.3, -0.25) is 9.59 Å². The Kier molecular flexibility index (Phi) is 6.40. The topological polar surface area (TPSA) is 115 Å². The van der Waals surface area contributed by atoms with E-state index in [1.165, 1.54) is 0 Å². The standard InChI is InChI=1S/C21H26N2O7/c1-21(2,3)30-19(26)22-15(16-12-28-16)10-13-4-6-14(7-5-13)11-29-20(27)23-17(24)8-9-18(23)25/h4-7,15-16H,8-12H2,1-3H3,(H,22,26)/t15-,16+/m0/s1. The molecule has 2 saturated heterocycles. The molecule has 3 rings (SSSR count). The van der Waals surface area contributed by atoms with E-state index in [9.17, 15) is 19.2 Å². The molecule has 2 atom stereocenters. The highest BCUT2D eigenvalue weighted by atomic mass is 16.6. The molecule has 0 radical (unpaired) electrons. The van der Waals surface area contributed by atoms with E-state index in [0.717, 1.165) is 5.56 Å². The van der Waals surface area contributed by atoms with Crippen LogP contribution in [0.5, 0.6) is 0 Å². The summed E-state index contributed by atoms with van der Waals surface area (Å²) in [5.74, 6) is -1.07. The van der Waals surface area contributed by atoms with Crippen molar-refractivity contribution in [3.63, 3.8) is 0 Å². The first kappa shape index (κ1) is 21.8. The van der Waals surface area contributed by atoms with Gasteiger partial charge in [-0.25, -0.2) is 9.59 Å². The molecule has 30 heavy (non-hydrogen) atoms. The number of alkyl carbamates (subject to hydrolysis) is 1. The summed E-state index contributed by atoms with van der Waals surface area (Å²) in [6.45, 7) is 5.94. The third-order valence-electron chi connectivity index (χ3n) is 4.59. The maximum atomic E-state index is 12.1. The van der Waals surface area contributed by atoms with Crippen LogP contribution < -0.4 is 5.32 Å². The lowest BCUT2D eigenvalue weighted by Crippen LogP contribution is -2.43. The lowest BCUT2D eigenvalue weighted by Gasteiger charge is -2.23. The Morgan fingerprint density at radius 3 is 2.23 bits per heavy atom. The highest BCUT2D eigenvalue weighted by molar-refractivity contribution is 6.13. The molecule has 0 aromatic heterocycles. The Hall–Kier alpha value is -2.94. The Morgan fingerprint density at radius 1 is 1.13 bits per heavy atom. The molecule has 0 bridgehead atoms. The predicted molar refractivity (Wildman–Crippen MR) is 104 cm³/mol. The van der Waals surface area contributed by atoms with Crippen molar-refractivity contribution < 1.29 is 33.4 Å². The van der Waals surface area contributed by atoms with Gasteiger partial charge in [-0.15, -0.1) is 0 Å². The van der Waals surface area contributed by atoms with Crippen molar-refractivity contribution in [1.82, 2.24) is 10.2 Å². The number of likely N-dealkylation sites (tertiary alicyclic amines) is 1. The van der Waals surface area contributed by atoms with E-state index in [4.69, 9.17) is 14.2 Å². The average molecular weight is 418 g/mol. The third kappa shape index (κ3) is 6.03.